The number of nitrogens with one attached hydrogen (secondary N) is 2. The number of benzene rings is 1. The molecule has 6 nitrogen and oxygen atoms in total. The van der Waals surface area contributed by atoms with Crippen molar-refractivity contribution in [1.29, 1.82) is 0 Å². The van der Waals surface area contributed by atoms with E-state index in [9.17, 15) is 9.59 Å². The molecule has 2 rings (SSSR count). The zero-order chi connectivity index (χ0) is 15.9. The molecule has 2 amide bonds. The van der Waals surface area contributed by atoms with Gasteiger partial charge in [0.1, 0.15) is 11.3 Å². The smallest absolute Gasteiger partial charge is 0.407 e. The van der Waals surface area contributed by atoms with Crippen LogP contribution in [0.2, 0.25) is 0 Å². The Labute approximate surface area is 128 Å². The summed E-state index contributed by atoms with van der Waals surface area (Å²) in [5.74, 6) is 0.539. The van der Waals surface area contributed by atoms with Gasteiger partial charge in [0.2, 0.25) is 5.91 Å². The summed E-state index contributed by atoms with van der Waals surface area (Å²) < 4.78 is 10.4. The highest BCUT2D eigenvalue weighted by molar-refractivity contribution is 5.79. The highest BCUT2D eigenvalue weighted by Crippen LogP contribution is 2.23. The SMILES string of the molecule is CCOC(=O)NCCC(=O)NC(C)c1cc2ccccc2o1. The first-order valence-corrected chi connectivity index (χ1v) is 7.28. The molecule has 0 fully saturated rings. The Morgan fingerprint density at radius 3 is 2.82 bits per heavy atom. The lowest BCUT2D eigenvalue weighted by Gasteiger charge is -2.11. The maximum absolute atomic E-state index is 11.8. The molecule has 0 saturated heterocycles. The van der Waals surface area contributed by atoms with Crippen molar-refractivity contribution in [3.63, 3.8) is 0 Å². The van der Waals surface area contributed by atoms with Crippen LogP contribution < -0.4 is 10.6 Å². The van der Waals surface area contributed by atoms with E-state index in [1.807, 2.05) is 37.3 Å². The van der Waals surface area contributed by atoms with Crippen LogP contribution in [-0.2, 0) is 9.53 Å². The minimum atomic E-state index is -0.513. The van der Waals surface area contributed by atoms with Gasteiger partial charge in [0, 0.05) is 18.4 Å². The first-order valence-electron chi connectivity index (χ1n) is 7.28. The van der Waals surface area contributed by atoms with Crippen LogP contribution >= 0.6 is 0 Å². The van der Waals surface area contributed by atoms with E-state index in [0.717, 1.165) is 11.0 Å². The number of ether oxygens (including phenoxy) is 1. The molecule has 0 saturated carbocycles. The summed E-state index contributed by atoms with van der Waals surface area (Å²) >= 11 is 0. The fourth-order valence-electron chi connectivity index (χ4n) is 2.06. The number of hydrogen-bond acceptors (Lipinski definition) is 4. The van der Waals surface area contributed by atoms with Crippen molar-refractivity contribution < 1.29 is 18.7 Å². The summed E-state index contributed by atoms with van der Waals surface area (Å²) in [6.45, 7) is 4.12. The Hall–Kier alpha value is -2.50. The molecule has 22 heavy (non-hydrogen) atoms. The first-order chi connectivity index (χ1) is 10.6. The van der Waals surface area contributed by atoms with E-state index in [-0.39, 0.29) is 24.9 Å². The van der Waals surface area contributed by atoms with Crippen molar-refractivity contribution >= 4 is 23.0 Å². The predicted molar refractivity (Wildman–Crippen MR) is 82.4 cm³/mol. The highest BCUT2D eigenvalue weighted by Gasteiger charge is 2.14. The van der Waals surface area contributed by atoms with Gasteiger partial charge in [-0.25, -0.2) is 4.79 Å². The molecular weight excluding hydrogens is 284 g/mol. The topological polar surface area (TPSA) is 80.6 Å². The van der Waals surface area contributed by atoms with Gasteiger partial charge in [-0.15, -0.1) is 0 Å². The molecule has 2 N–H and O–H groups in total. The maximum Gasteiger partial charge on any atom is 0.407 e. The van der Waals surface area contributed by atoms with Crippen LogP contribution in [0.15, 0.2) is 34.7 Å². The average Bonchev–Trinajstić information content (AvgIpc) is 2.91. The van der Waals surface area contributed by atoms with Crippen LogP contribution in [0.5, 0.6) is 0 Å². The molecular formula is C16H20N2O4. The summed E-state index contributed by atoms with van der Waals surface area (Å²) in [7, 11) is 0. The summed E-state index contributed by atoms with van der Waals surface area (Å²) in [4.78, 5) is 22.9. The molecule has 0 bridgehead atoms. The van der Waals surface area contributed by atoms with Crippen LogP contribution in [0.3, 0.4) is 0 Å². The normalized spacial score (nSPS) is 11.9. The van der Waals surface area contributed by atoms with Gasteiger partial charge in [-0.2, -0.15) is 0 Å². The van der Waals surface area contributed by atoms with Crippen molar-refractivity contribution in [3.8, 4) is 0 Å². The quantitative estimate of drug-likeness (QED) is 0.860. The summed E-state index contributed by atoms with van der Waals surface area (Å²) in [5, 5.41) is 6.34. The number of amides is 2. The van der Waals surface area contributed by atoms with E-state index in [0.29, 0.717) is 12.4 Å². The lowest BCUT2D eigenvalue weighted by atomic mass is 10.2. The lowest BCUT2D eigenvalue weighted by Crippen LogP contribution is -2.32. The second kappa shape index (κ2) is 7.49. The third-order valence-corrected chi connectivity index (χ3v) is 3.15. The van der Waals surface area contributed by atoms with Crippen LogP contribution in [-0.4, -0.2) is 25.2 Å². The molecule has 1 aromatic heterocycles. The molecule has 1 unspecified atom stereocenters. The molecule has 0 aliphatic heterocycles. The minimum absolute atomic E-state index is 0.162. The molecule has 0 radical (unpaired) electrons. The van der Waals surface area contributed by atoms with Crippen molar-refractivity contribution in [1.82, 2.24) is 10.6 Å². The minimum Gasteiger partial charge on any atom is -0.459 e. The van der Waals surface area contributed by atoms with Crippen molar-refractivity contribution in [2.24, 2.45) is 0 Å². The molecule has 0 spiro atoms. The fraction of sp³-hybridized carbons (Fsp3) is 0.375. The second-order valence-corrected chi connectivity index (χ2v) is 4.87. The van der Waals surface area contributed by atoms with Gasteiger partial charge < -0.3 is 19.8 Å². The van der Waals surface area contributed by atoms with Gasteiger partial charge >= 0.3 is 6.09 Å². The van der Waals surface area contributed by atoms with Gasteiger partial charge in [0.25, 0.3) is 0 Å². The van der Waals surface area contributed by atoms with Gasteiger partial charge in [-0.05, 0) is 26.0 Å². The largest absolute Gasteiger partial charge is 0.459 e. The molecule has 1 atom stereocenters. The molecule has 2 aromatic rings. The van der Waals surface area contributed by atoms with Gasteiger partial charge in [0.05, 0.1) is 12.6 Å². The number of fused-ring (bicyclic) bond motifs is 1. The summed E-state index contributed by atoms with van der Waals surface area (Å²) in [5.41, 5.74) is 0.794. The van der Waals surface area contributed by atoms with E-state index >= 15 is 0 Å². The van der Waals surface area contributed by atoms with Crippen LogP contribution in [0.1, 0.15) is 32.1 Å². The van der Waals surface area contributed by atoms with Gasteiger partial charge in [0.15, 0.2) is 0 Å². The molecule has 118 valence electrons. The number of rotatable bonds is 6. The van der Waals surface area contributed by atoms with Crippen molar-refractivity contribution in [2.45, 2.75) is 26.3 Å². The van der Waals surface area contributed by atoms with Gasteiger partial charge in [-0.1, -0.05) is 18.2 Å². The van der Waals surface area contributed by atoms with Crippen LogP contribution in [0.4, 0.5) is 4.79 Å². The average molecular weight is 304 g/mol. The number of furan rings is 1. The van der Waals surface area contributed by atoms with E-state index in [4.69, 9.17) is 9.15 Å². The zero-order valence-electron chi connectivity index (χ0n) is 12.7. The van der Waals surface area contributed by atoms with E-state index < -0.39 is 6.09 Å². The number of carbonyl (C=O) groups is 2. The second-order valence-electron chi connectivity index (χ2n) is 4.87. The third kappa shape index (κ3) is 4.25. The molecule has 1 heterocycles. The van der Waals surface area contributed by atoms with Crippen molar-refractivity contribution in [3.05, 3.63) is 36.1 Å². The Morgan fingerprint density at radius 1 is 1.32 bits per heavy atom. The summed E-state index contributed by atoms with van der Waals surface area (Å²) in [6, 6.07) is 9.36. The molecule has 0 aliphatic rings. The Balaban J connectivity index is 1.82. The van der Waals surface area contributed by atoms with E-state index in [1.165, 1.54) is 0 Å². The van der Waals surface area contributed by atoms with Crippen LogP contribution in [0.25, 0.3) is 11.0 Å². The highest BCUT2D eigenvalue weighted by atomic mass is 16.5. The standard InChI is InChI=1S/C16H20N2O4/c1-3-21-16(20)17-9-8-15(19)18-11(2)14-10-12-6-4-5-7-13(12)22-14/h4-7,10-11H,3,8-9H2,1-2H3,(H,17,20)(H,18,19). The van der Waals surface area contributed by atoms with Crippen LogP contribution in [0, 0.1) is 0 Å². The number of hydrogen-bond donors (Lipinski definition) is 2. The Bertz CT molecular complexity index is 617. The zero-order valence-corrected chi connectivity index (χ0v) is 12.7. The number of carbonyl (C=O) groups excluding carboxylic acids is 2. The predicted octanol–water partition coefficient (Wildman–Crippen LogP) is 2.75. The monoisotopic (exact) mass is 304 g/mol. The lowest BCUT2D eigenvalue weighted by molar-refractivity contribution is -0.121. The van der Waals surface area contributed by atoms with Gasteiger partial charge in [-0.3, -0.25) is 4.79 Å². The Kier molecular flexibility index (Phi) is 5.41. The Morgan fingerprint density at radius 2 is 2.09 bits per heavy atom. The van der Waals surface area contributed by atoms with E-state index in [1.54, 1.807) is 6.92 Å². The maximum atomic E-state index is 11.8. The molecule has 6 heteroatoms. The molecule has 0 aliphatic carbocycles. The molecule has 1 aromatic carbocycles. The van der Waals surface area contributed by atoms with E-state index in [2.05, 4.69) is 10.6 Å². The fourth-order valence-corrected chi connectivity index (χ4v) is 2.06. The van der Waals surface area contributed by atoms with Crippen molar-refractivity contribution in [2.75, 3.05) is 13.2 Å². The summed E-state index contributed by atoms with van der Waals surface area (Å²) in [6.07, 6.45) is -0.329. The third-order valence-electron chi connectivity index (χ3n) is 3.15. The first kappa shape index (κ1) is 15.9. The number of para-hydroxylation sites is 1. The number of alkyl carbamates (subject to hydrolysis) is 1.